The van der Waals surface area contributed by atoms with Crippen molar-refractivity contribution in [3.8, 4) is 0 Å². The summed E-state index contributed by atoms with van der Waals surface area (Å²) in [6.07, 6.45) is 29.8. The highest BCUT2D eigenvalue weighted by Crippen LogP contribution is 2.77. The van der Waals surface area contributed by atoms with Gasteiger partial charge in [0.05, 0.1) is 11.9 Å². The molecule has 1 N–H and O–H groups in total. The average molecular weight is 851 g/mol. The molecule has 5 fully saturated rings. The molecule has 0 aromatic carbocycles. The topological polar surface area (TPSA) is 29.5 Å². The Hall–Kier alpha value is -1.02. The van der Waals surface area contributed by atoms with E-state index in [-0.39, 0.29) is 16.9 Å². The average Bonchev–Trinajstić information content (AvgIpc) is 3.78. The lowest BCUT2D eigenvalue weighted by molar-refractivity contribution is -0.269. The zero-order valence-electron chi connectivity index (χ0n) is 43.0. The molecule has 2 nitrogen and oxygen atoms in total. The first kappa shape index (κ1) is 46.1. The third kappa shape index (κ3) is 6.55. The first-order valence-electron chi connectivity index (χ1n) is 27.9. The van der Waals surface area contributed by atoms with E-state index in [9.17, 15) is 5.11 Å². The predicted molar refractivity (Wildman–Crippen MR) is 261 cm³/mol. The molecule has 0 radical (unpaired) electrons. The Kier molecular flexibility index (Phi) is 12.2. The van der Waals surface area contributed by atoms with E-state index in [0.717, 1.165) is 72.5 Å². The zero-order valence-corrected chi connectivity index (χ0v) is 43.0. The van der Waals surface area contributed by atoms with Gasteiger partial charge in [-0.2, -0.15) is 0 Å². The van der Waals surface area contributed by atoms with E-state index in [0.29, 0.717) is 28.1 Å². The molecule has 62 heavy (non-hydrogen) atoms. The van der Waals surface area contributed by atoms with Crippen LogP contribution in [0.2, 0.25) is 0 Å². The Morgan fingerprint density at radius 3 is 1.63 bits per heavy atom. The van der Waals surface area contributed by atoms with Crippen molar-refractivity contribution < 1.29 is 9.84 Å². The Morgan fingerprint density at radius 1 is 0.548 bits per heavy atom. The molecular formula is C60H98O2. The minimum Gasteiger partial charge on any atom is -0.489 e. The Balaban J connectivity index is 0.980. The molecule has 1 aliphatic heterocycles. The minimum absolute atomic E-state index is 0.000426. The van der Waals surface area contributed by atoms with Gasteiger partial charge in [-0.3, -0.25) is 0 Å². The van der Waals surface area contributed by atoms with Crippen LogP contribution in [-0.4, -0.2) is 16.8 Å². The number of hydrogen-bond donors (Lipinski definition) is 1. The lowest BCUT2D eigenvalue weighted by Crippen LogP contribution is -2.71. The van der Waals surface area contributed by atoms with Crippen LogP contribution in [0.25, 0.3) is 0 Å². The molecule has 0 unspecified atom stereocenters. The first-order chi connectivity index (χ1) is 29.3. The molecule has 0 aromatic rings. The SMILES string of the molecule is CC[C@H](CC[C@@H](C)[C@H]1CCC2=C3CC[C@H]4C5=C(CC[C@]4(C)[C@H]3CC[C@@]21C)O[C@@]1(C)[C@@H](O)CC[C@]2(C)[C@H]3CC[C@@]4(C)C(=C3CC[C@]12C5)CC[C@@H]4[C@H](C)CC[C@H](CC)C(C)C)C(C)C. The van der Waals surface area contributed by atoms with Crippen molar-refractivity contribution in [1.82, 2.24) is 0 Å². The van der Waals surface area contributed by atoms with Gasteiger partial charge >= 0.3 is 0 Å². The summed E-state index contributed by atoms with van der Waals surface area (Å²) in [4.78, 5) is 0. The molecule has 1 spiro atoms. The fourth-order valence-electron chi connectivity index (χ4n) is 20.2. The van der Waals surface area contributed by atoms with Crippen LogP contribution in [0.5, 0.6) is 0 Å². The molecule has 9 rings (SSSR count). The highest BCUT2D eigenvalue weighted by atomic mass is 16.5. The third-order valence-electron chi connectivity index (χ3n) is 24.2. The van der Waals surface area contributed by atoms with Gasteiger partial charge in [-0.05, 0) is 215 Å². The van der Waals surface area contributed by atoms with E-state index in [1.165, 1.54) is 134 Å². The van der Waals surface area contributed by atoms with Gasteiger partial charge in [0.25, 0.3) is 0 Å². The first-order valence-corrected chi connectivity index (χ1v) is 27.9. The van der Waals surface area contributed by atoms with Gasteiger partial charge in [0.1, 0.15) is 5.60 Å². The Morgan fingerprint density at radius 2 is 1.08 bits per heavy atom. The van der Waals surface area contributed by atoms with Crippen molar-refractivity contribution in [2.75, 3.05) is 0 Å². The molecular weight excluding hydrogens is 753 g/mol. The van der Waals surface area contributed by atoms with Gasteiger partial charge in [0, 0.05) is 11.8 Å². The number of ether oxygens (including phenoxy) is 1. The maximum absolute atomic E-state index is 12.3. The molecule has 8 aliphatic carbocycles. The van der Waals surface area contributed by atoms with Crippen molar-refractivity contribution in [2.45, 2.75) is 249 Å². The van der Waals surface area contributed by atoms with Gasteiger partial charge in [-0.25, -0.2) is 0 Å². The normalized spacial score (nSPS) is 45.5. The second-order valence-corrected chi connectivity index (χ2v) is 26.7. The second kappa shape index (κ2) is 16.3. The van der Waals surface area contributed by atoms with Crippen LogP contribution >= 0.6 is 0 Å². The number of aliphatic hydroxyl groups is 1. The van der Waals surface area contributed by atoms with Crippen LogP contribution in [0.1, 0.15) is 238 Å². The molecule has 0 aromatic heterocycles. The van der Waals surface area contributed by atoms with Gasteiger partial charge in [-0.15, -0.1) is 0 Å². The maximum atomic E-state index is 12.3. The highest BCUT2D eigenvalue weighted by molar-refractivity contribution is 5.42. The van der Waals surface area contributed by atoms with Crippen LogP contribution in [0.3, 0.4) is 0 Å². The third-order valence-corrected chi connectivity index (χ3v) is 24.2. The summed E-state index contributed by atoms with van der Waals surface area (Å²) in [6.45, 7) is 33.3. The standard InChI is InChI=1S/C60H98O2/c1-14-41(37(3)4)18-16-39(7)46-22-24-48-43-20-21-50-45-36-60-35-26-44-49-25-23-47(40(8)17-19-42(15-2)38(5)6)56(49,10)32-28-52(44)58(60,12)34-30-54(61)59(60,13)62-53(45)29-33-57(50,11)51(43)27-31-55(46,48)9/h37-42,46-47,50-52,54,61H,14-36H2,1-13H3/t39-,40-,41-,42+,46-,47-,50+,51+,52+,54+,55-,56-,57+,58-,59+,60-/m1/s1. The number of hydrogen-bond acceptors (Lipinski definition) is 2. The van der Waals surface area contributed by atoms with Gasteiger partial charge < -0.3 is 9.84 Å². The van der Waals surface area contributed by atoms with Crippen molar-refractivity contribution in [2.24, 2.45) is 92.2 Å². The smallest absolute Gasteiger partial charge is 0.138 e. The van der Waals surface area contributed by atoms with Crippen molar-refractivity contribution in [1.29, 1.82) is 0 Å². The molecule has 0 saturated heterocycles. The second-order valence-electron chi connectivity index (χ2n) is 26.7. The monoisotopic (exact) mass is 851 g/mol. The molecule has 350 valence electrons. The van der Waals surface area contributed by atoms with Crippen molar-refractivity contribution in [3.63, 3.8) is 0 Å². The minimum atomic E-state index is -0.487. The van der Waals surface area contributed by atoms with E-state index < -0.39 is 5.60 Å². The summed E-state index contributed by atoms with van der Waals surface area (Å²) in [7, 11) is 0. The van der Waals surface area contributed by atoms with Crippen molar-refractivity contribution >= 4 is 0 Å². The van der Waals surface area contributed by atoms with E-state index in [4.69, 9.17) is 4.74 Å². The number of allylic oxidation sites excluding steroid dienone is 6. The zero-order chi connectivity index (χ0) is 44.4. The largest absolute Gasteiger partial charge is 0.489 e. The van der Waals surface area contributed by atoms with Crippen LogP contribution in [0.15, 0.2) is 33.6 Å². The van der Waals surface area contributed by atoms with Gasteiger partial charge in [0.15, 0.2) is 0 Å². The Bertz CT molecular complexity index is 1790. The molecule has 5 saturated carbocycles. The predicted octanol–water partition coefficient (Wildman–Crippen LogP) is 17.0. The summed E-state index contributed by atoms with van der Waals surface area (Å²) in [5.74, 6) is 10.1. The fourth-order valence-corrected chi connectivity index (χ4v) is 20.2. The van der Waals surface area contributed by atoms with E-state index in [2.05, 4.69) is 90.0 Å². The molecule has 9 aliphatic rings. The van der Waals surface area contributed by atoms with Gasteiger partial charge in [-0.1, -0.05) is 131 Å². The summed E-state index contributed by atoms with van der Waals surface area (Å²) < 4.78 is 7.65. The molecule has 0 bridgehead atoms. The van der Waals surface area contributed by atoms with E-state index in [1.54, 1.807) is 5.57 Å². The summed E-state index contributed by atoms with van der Waals surface area (Å²) in [6, 6.07) is 0. The highest BCUT2D eigenvalue weighted by Gasteiger charge is 2.73. The lowest BCUT2D eigenvalue weighted by Gasteiger charge is -2.71. The van der Waals surface area contributed by atoms with Crippen LogP contribution in [0.4, 0.5) is 0 Å². The van der Waals surface area contributed by atoms with Crippen LogP contribution in [0, 0.1) is 92.2 Å². The maximum Gasteiger partial charge on any atom is 0.138 e. The van der Waals surface area contributed by atoms with Gasteiger partial charge in [0.2, 0.25) is 0 Å². The summed E-state index contributed by atoms with van der Waals surface area (Å²) in [5, 5.41) is 12.3. The lowest BCUT2D eigenvalue weighted by atomic mass is 9.36. The molecule has 1 heterocycles. The van der Waals surface area contributed by atoms with Crippen LogP contribution in [-0.2, 0) is 4.74 Å². The van der Waals surface area contributed by atoms with E-state index >= 15 is 0 Å². The quantitative estimate of drug-likeness (QED) is 0.198. The molecule has 0 amide bonds. The number of fused-ring (bicyclic) bond motifs is 8. The van der Waals surface area contributed by atoms with E-state index in [1.807, 2.05) is 22.3 Å². The Labute approximate surface area is 383 Å². The fraction of sp³-hybridized carbons (Fsp3) is 0.900. The van der Waals surface area contributed by atoms with Crippen molar-refractivity contribution in [3.05, 3.63) is 33.6 Å². The molecule has 16 atom stereocenters. The summed E-state index contributed by atoms with van der Waals surface area (Å²) in [5.41, 5.74) is 10.3. The summed E-state index contributed by atoms with van der Waals surface area (Å²) >= 11 is 0. The number of rotatable bonds is 12. The van der Waals surface area contributed by atoms with Crippen LogP contribution < -0.4 is 0 Å². The number of aliphatic hydroxyl groups excluding tert-OH is 1. The molecule has 2 heteroatoms.